The van der Waals surface area contributed by atoms with Gasteiger partial charge in [-0.25, -0.2) is 0 Å². The number of hydrogen-bond acceptors (Lipinski definition) is 5. The van der Waals surface area contributed by atoms with Crippen LogP contribution in [0.2, 0.25) is 0 Å². The van der Waals surface area contributed by atoms with E-state index in [4.69, 9.17) is 4.74 Å². The molecule has 0 aliphatic carbocycles. The Morgan fingerprint density at radius 3 is 2.19 bits per heavy atom. The van der Waals surface area contributed by atoms with Crippen molar-refractivity contribution < 1.29 is 23.9 Å². The molecular formula is C20H18N2O5. The number of carbonyl (C=O) groups excluding carboxylic acids is 4. The van der Waals surface area contributed by atoms with Crippen LogP contribution in [-0.2, 0) is 14.3 Å². The highest BCUT2D eigenvalue weighted by Gasteiger charge is 2.36. The van der Waals surface area contributed by atoms with Crippen LogP contribution in [-0.4, -0.2) is 41.7 Å². The number of nitrogens with one attached hydrogen (secondary N) is 1. The Morgan fingerprint density at radius 1 is 0.963 bits per heavy atom. The van der Waals surface area contributed by atoms with E-state index in [9.17, 15) is 19.2 Å². The number of benzene rings is 2. The van der Waals surface area contributed by atoms with Crippen LogP contribution in [0, 0.1) is 5.92 Å². The fourth-order valence-electron chi connectivity index (χ4n) is 2.71. The van der Waals surface area contributed by atoms with Gasteiger partial charge in [0.05, 0.1) is 12.5 Å². The first-order valence-electron chi connectivity index (χ1n) is 8.46. The van der Waals surface area contributed by atoms with Crippen molar-refractivity contribution >= 4 is 23.6 Å². The third-order valence-electron chi connectivity index (χ3n) is 4.17. The Labute approximate surface area is 155 Å². The van der Waals surface area contributed by atoms with E-state index in [-0.39, 0.29) is 31.3 Å². The standard InChI is InChI=1S/C20H18N2O5/c23-17(14-7-3-1-4-8-14)13-27-20(26)16-11-18(24)22(12-16)21-19(25)15-9-5-2-6-10-15/h1-10,16H,11-13H2,(H,21,25)/t16-/m0/s1. The van der Waals surface area contributed by atoms with Gasteiger partial charge in [-0.15, -0.1) is 0 Å². The maximum absolute atomic E-state index is 12.2. The van der Waals surface area contributed by atoms with Crippen molar-refractivity contribution in [3.63, 3.8) is 0 Å². The monoisotopic (exact) mass is 366 g/mol. The SMILES string of the molecule is O=C(COC(=O)[C@H]1CC(=O)N(NC(=O)c2ccccc2)C1)c1ccccc1. The van der Waals surface area contributed by atoms with Crippen LogP contribution in [0.25, 0.3) is 0 Å². The second-order valence-corrected chi connectivity index (χ2v) is 6.11. The van der Waals surface area contributed by atoms with E-state index in [1.165, 1.54) is 0 Å². The number of amides is 2. The van der Waals surface area contributed by atoms with Crippen LogP contribution in [0.5, 0.6) is 0 Å². The molecule has 2 amide bonds. The van der Waals surface area contributed by atoms with Gasteiger partial charge in [-0.05, 0) is 12.1 Å². The number of ether oxygens (including phenoxy) is 1. The van der Waals surface area contributed by atoms with E-state index in [1.54, 1.807) is 60.7 Å². The van der Waals surface area contributed by atoms with Crippen molar-refractivity contribution in [2.75, 3.05) is 13.2 Å². The number of esters is 1. The average Bonchev–Trinajstić information content (AvgIpc) is 3.07. The van der Waals surface area contributed by atoms with Gasteiger partial charge in [-0.2, -0.15) is 0 Å². The summed E-state index contributed by atoms with van der Waals surface area (Å²) in [5.41, 5.74) is 3.35. The lowest BCUT2D eigenvalue weighted by Gasteiger charge is -2.17. The van der Waals surface area contributed by atoms with Gasteiger partial charge in [0, 0.05) is 17.5 Å². The summed E-state index contributed by atoms with van der Waals surface area (Å²) < 4.78 is 5.05. The number of carbonyl (C=O) groups is 4. The van der Waals surface area contributed by atoms with Crippen molar-refractivity contribution in [3.8, 4) is 0 Å². The van der Waals surface area contributed by atoms with E-state index in [0.29, 0.717) is 11.1 Å². The Kier molecular flexibility index (Phi) is 5.61. The zero-order valence-electron chi connectivity index (χ0n) is 14.5. The Morgan fingerprint density at radius 2 is 1.56 bits per heavy atom. The molecule has 1 heterocycles. The number of rotatable bonds is 6. The minimum Gasteiger partial charge on any atom is -0.457 e. The molecule has 27 heavy (non-hydrogen) atoms. The molecule has 0 spiro atoms. The Hall–Kier alpha value is -3.48. The molecule has 2 aromatic rings. The van der Waals surface area contributed by atoms with Crippen LogP contribution < -0.4 is 5.43 Å². The molecule has 0 unspecified atom stereocenters. The largest absolute Gasteiger partial charge is 0.457 e. The van der Waals surface area contributed by atoms with Gasteiger partial charge >= 0.3 is 5.97 Å². The van der Waals surface area contributed by atoms with Crippen molar-refractivity contribution in [3.05, 3.63) is 71.8 Å². The van der Waals surface area contributed by atoms with Gasteiger partial charge in [0.15, 0.2) is 12.4 Å². The predicted octanol–water partition coefficient (Wildman–Crippen LogP) is 1.61. The third kappa shape index (κ3) is 4.58. The second kappa shape index (κ2) is 8.27. The lowest BCUT2D eigenvalue weighted by molar-refractivity contribution is -0.147. The molecule has 2 aromatic carbocycles. The zero-order valence-corrected chi connectivity index (χ0v) is 14.5. The molecular weight excluding hydrogens is 348 g/mol. The van der Waals surface area contributed by atoms with Crippen molar-refractivity contribution in [1.29, 1.82) is 0 Å². The highest BCUT2D eigenvalue weighted by Crippen LogP contribution is 2.18. The lowest BCUT2D eigenvalue weighted by atomic mass is 10.1. The molecule has 1 fully saturated rings. The van der Waals surface area contributed by atoms with Gasteiger partial charge in [-0.3, -0.25) is 29.6 Å². The summed E-state index contributed by atoms with van der Waals surface area (Å²) in [6.07, 6.45) is -0.0760. The van der Waals surface area contributed by atoms with Crippen LogP contribution in [0.15, 0.2) is 60.7 Å². The molecule has 0 radical (unpaired) electrons. The first-order valence-corrected chi connectivity index (χ1v) is 8.46. The molecule has 0 saturated carbocycles. The van der Waals surface area contributed by atoms with Crippen LogP contribution in [0.4, 0.5) is 0 Å². The summed E-state index contributed by atoms with van der Waals surface area (Å²) >= 11 is 0. The maximum atomic E-state index is 12.2. The maximum Gasteiger partial charge on any atom is 0.311 e. The first kappa shape index (κ1) is 18.3. The summed E-state index contributed by atoms with van der Waals surface area (Å²) in [7, 11) is 0. The van der Waals surface area contributed by atoms with Crippen LogP contribution in [0.3, 0.4) is 0 Å². The minimum absolute atomic E-state index is 0.00969. The number of Topliss-reactive ketones (excluding diaryl/α,β-unsaturated/α-hetero) is 1. The van der Waals surface area contributed by atoms with E-state index in [2.05, 4.69) is 5.43 Å². The van der Waals surface area contributed by atoms with E-state index >= 15 is 0 Å². The van der Waals surface area contributed by atoms with Gasteiger partial charge in [0.2, 0.25) is 5.91 Å². The van der Waals surface area contributed by atoms with Gasteiger partial charge in [0.25, 0.3) is 5.91 Å². The number of hydrazine groups is 1. The molecule has 7 heteroatoms. The molecule has 0 bridgehead atoms. The van der Waals surface area contributed by atoms with Crippen molar-refractivity contribution in [2.45, 2.75) is 6.42 Å². The number of ketones is 1. The fraction of sp³-hybridized carbons (Fsp3) is 0.200. The molecule has 7 nitrogen and oxygen atoms in total. The topological polar surface area (TPSA) is 92.8 Å². The van der Waals surface area contributed by atoms with Crippen molar-refractivity contribution in [1.82, 2.24) is 10.4 Å². The quantitative estimate of drug-likeness (QED) is 0.619. The summed E-state index contributed by atoms with van der Waals surface area (Å²) in [5, 5.41) is 1.11. The van der Waals surface area contributed by atoms with Gasteiger partial charge in [-0.1, -0.05) is 48.5 Å². The first-order chi connectivity index (χ1) is 13.0. The minimum atomic E-state index is -0.725. The molecule has 1 atom stereocenters. The summed E-state index contributed by atoms with van der Waals surface area (Å²) in [5.74, 6) is -2.49. The van der Waals surface area contributed by atoms with E-state index in [0.717, 1.165) is 5.01 Å². The number of nitrogens with zero attached hydrogens (tertiary/aromatic N) is 1. The number of hydrogen-bond donors (Lipinski definition) is 1. The van der Waals surface area contributed by atoms with E-state index in [1.807, 2.05) is 0 Å². The zero-order chi connectivity index (χ0) is 19.2. The summed E-state index contributed by atoms with van der Waals surface area (Å²) in [6.45, 7) is -0.375. The van der Waals surface area contributed by atoms with Gasteiger partial charge in [0.1, 0.15) is 0 Å². The van der Waals surface area contributed by atoms with Crippen LogP contribution >= 0.6 is 0 Å². The Balaban J connectivity index is 1.51. The molecule has 1 aliphatic heterocycles. The van der Waals surface area contributed by atoms with E-state index < -0.39 is 17.8 Å². The molecule has 1 aliphatic rings. The normalized spacial score (nSPS) is 16.1. The Bertz CT molecular complexity index is 851. The highest BCUT2D eigenvalue weighted by molar-refractivity contribution is 5.98. The lowest BCUT2D eigenvalue weighted by Crippen LogP contribution is -2.43. The molecule has 0 aromatic heterocycles. The van der Waals surface area contributed by atoms with Crippen molar-refractivity contribution in [2.24, 2.45) is 5.92 Å². The smallest absolute Gasteiger partial charge is 0.311 e. The molecule has 3 rings (SSSR count). The third-order valence-corrected chi connectivity index (χ3v) is 4.17. The highest BCUT2D eigenvalue weighted by atomic mass is 16.5. The summed E-state index contributed by atoms with van der Waals surface area (Å²) in [4.78, 5) is 48.3. The second-order valence-electron chi connectivity index (χ2n) is 6.11. The predicted molar refractivity (Wildman–Crippen MR) is 95.5 cm³/mol. The molecule has 1 N–H and O–H groups in total. The molecule has 1 saturated heterocycles. The average molecular weight is 366 g/mol. The van der Waals surface area contributed by atoms with Crippen LogP contribution in [0.1, 0.15) is 27.1 Å². The summed E-state index contributed by atoms with van der Waals surface area (Å²) in [6, 6.07) is 16.9. The molecule has 138 valence electrons. The van der Waals surface area contributed by atoms with Gasteiger partial charge < -0.3 is 4.74 Å². The fourth-order valence-corrected chi connectivity index (χ4v) is 2.71.